The van der Waals surface area contributed by atoms with Crippen LogP contribution in [0.25, 0.3) is 0 Å². The summed E-state index contributed by atoms with van der Waals surface area (Å²) >= 11 is 0. The lowest BCUT2D eigenvalue weighted by Gasteiger charge is -2.00. The Labute approximate surface area is 100 Å². The number of nitrogens with zero attached hydrogens (tertiary/aromatic N) is 3. The zero-order valence-electron chi connectivity index (χ0n) is 10.1. The largest absolute Gasteiger partial charge is 0.292 e. The first-order chi connectivity index (χ1) is 8.20. The van der Waals surface area contributed by atoms with Gasteiger partial charge in [-0.25, -0.2) is 0 Å². The quantitative estimate of drug-likeness (QED) is 0.751. The van der Waals surface area contributed by atoms with E-state index < -0.39 is 0 Å². The summed E-state index contributed by atoms with van der Waals surface area (Å²) in [5.74, 6) is 0.0243. The van der Waals surface area contributed by atoms with Gasteiger partial charge in [0.2, 0.25) is 0 Å². The predicted molar refractivity (Wildman–Crippen MR) is 64.9 cm³/mol. The molecule has 0 saturated heterocycles. The second-order valence-electron chi connectivity index (χ2n) is 3.92. The van der Waals surface area contributed by atoms with Gasteiger partial charge in [-0.05, 0) is 24.6 Å². The van der Waals surface area contributed by atoms with Gasteiger partial charge in [0.1, 0.15) is 5.69 Å². The molecule has 0 radical (unpaired) electrons. The predicted octanol–water partition coefficient (Wildman–Crippen LogP) is 1.80. The molecule has 0 spiro atoms. The third kappa shape index (κ3) is 2.58. The van der Waals surface area contributed by atoms with Crippen molar-refractivity contribution in [3.8, 4) is 0 Å². The number of aromatic nitrogens is 3. The second kappa shape index (κ2) is 4.91. The highest BCUT2D eigenvalue weighted by atomic mass is 16.1. The van der Waals surface area contributed by atoms with Gasteiger partial charge in [-0.1, -0.05) is 13.0 Å². The first-order valence-electron chi connectivity index (χ1n) is 5.66. The van der Waals surface area contributed by atoms with Crippen molar-refractivity contribution < 1.29 is 4.79 Å². The SMILES string of the molecule is CCc1cc(CC(=O)c2ccccn2)n(C)n1. The van der Waals surface area contributed by atoms with E-state index in [1.165, 1.54) is 0 Å². The molecule has 17 heavy (non-hydrogen) atoms. The van der Waals surface area contributed by atoms with E-state index in [1.54, 1.807) is 23.0 Å². The van der Waals surface area contributed by atoms with Crippen LogP contribution >= 0.6 is 0 Å². The first kappa shape index (κ1) is 11.5. The molecule has 0 aliphatic rings. The van der Waals surface area contributed by atoms with Crippen LogP contribution in [0.3, 0.4) is 0 Å². The number of pyridine rings is 1. The highest BCUT2D eigenvalue weighted by molar-refractivity contribution is 5.95. The Balaban J connectivity index is 2.16. The number of hydrogen-bond acceptors (Lipinski definition) is 3. The zero-order valence-corrected chi connectivity index (χ0v) is 10.1. The lowest BCUT2D eigenvalue weighted by molar-refractivity contribution is 0.0986. The average molecular weight is 229 g/mol. The number of carbonyl (C=O) groups excluding carboxylic acids is 1. The highest BCUT2D eigenvalue weighted by Crippen LogP contribution is 2.08. The lowest BCUT2D eigenvalue weighted by Crippen LogP contribution is -2.09. The molecule has 2 aromatic heterocycles. The molecule has 4 heteroatoms. The second-order valence-corrected chi connectivity index (χ2v) is 3.92. The lowest BCUT2D eigenvalue weighted by atomic mass is 10.1. The normalized spacial score (nSPS) is 10.5. The highest BCUT2D eigenvalue weighted by Gasteiger charge is 2.11. The molecule has 0 amide bonds. The molecule has 0 N–H and O–H groups in total. The van der Waals surface area contributed by atoms with Gasteiger partial charge in [-0.3, -0.25) is 14.5 Å². The topological polar surface area (TPSA) is 47.8 Å². The van der Waals surface area contributed by atoms with Crippen molar-refractivity contribution in [3.63, 3.8) is 0 Å². The number of aryl methyl sites for hydroxylation is 2. The average Bonchev–Trinajstić information content (AvgIpc) is 2.71. The van der Waals surface area contributed by atoms with Crippen LogP contribution < -0.4 is 0 Å². The monoisotopic (exact) mass is 229 g/mol. The number of ketones is 1. The zero-order chi connectivity index (χ0) is 12.3. The molecular formula is C13H15N3O. The van der Waals surface area contributed by atoms with E-state index in [0.717, 1.165) is 17.8 Å². The van der Waals surface area contributed by atoms with Crippen molar-refractivity contribution in [2.24, 2.45) is 7.05 Å². The van der Waals surface area contributed by atoms with E-state index >= 15 is 0 Å². The third-order valence-corrected chi connectivity index (χ3v) is 2.68. The Morgan fingerprint density at radius 1 is 1.41 bits per heavy atom. The molecule has 0 aromatic carbocycles. The number of carbonyl (C=O) groups is 1. The van der Waals surface area contributed by atoms with Gasteiger partial charge in [0, 0.05) is 18.9 Å². The summed E-state index contributed by atoms with van der Waals surface area (Å²) in [5.41, 5.74) is 2.44. The Morgan fingerprint density at radius 3 is 2.82 bits per heavy atom. The molecule has 2 heterocycles. The van der Waals surface area contributed by atoms with Crippen molar-refractivity contribution >= 4 is 5.78 Å². The van der Waals surface area contributed by atoms with E-state index in [1.807, 2.05) is 26.1 Å². The van der Waals surface area contributed by atoms with Crippen LogP contribution in [0.15, 0.2) is 30.5 Å². The minimum atomic E-state index is 0.0243. The third-order valence-electron chi connectivity index (χ3n) is 2.68. The molecule has 0 saturated carbocycles. The maximum atomic E-state index is 12.0. The number of rotatable bonds is 4. The Morgan fingerprint density at radius 2 is 2.24 bits per heavy atom. The molecule has 0 atom stereocenters. The number of Topliss-reactive ketones (excluding diaryl/α,β-unsaturated/α-hetero) is 1. The molecule has 0 aliphatic carbocycles. The molecule has 0 unspecified atom stereocenters. The maximum Gasteiger partial charge on any atom is 0.187 e. The van der Waals surface area contributed by atoms with E-state index in [2.05, 4.69) is 10.1 Å². The van der Waals surface area contributed by atoms with Crippen molar-refractivity contribution in [3.05, 3.63) is 47.5 Å². The van der Waals surface area contributed by atoms with Crippen LogP contribution in [0.4, 0.5) is 0 Å². The standard InChI is InChI=1S/C13H15N3O/c1-3-10-8-11(16(2)15-10)9-13(17)12-6-4-5-7-14-12/h4-8H,3,9H2,1-2H3. The minimum absolute atomic E-state index is 0.0243. The van der Waals surface area contributed by atoms with Crippen LogP contribution in [0.1, 0.15) is 28.8 Å². The van der Waals surface area contributed by atoms with Crippen LogP contribution in [0, 0.1) is 0 Å². The van der Waals surface area contributed by atoms with Gasteiger partial charge >= 0.3 is 0 Å². The van der Waals surface area contributed by atoms with E-state index in [9.17, 15) is 4.79 Å². The molecule has 2 rings (SSSR count). The summed E-state index contributed by atoms with van der Waals surface area (Å²) in [5, 5.41) is 4.32. The van der Waals surface area contributed by atoms with Gasteiger partial charge in [0.05, 0.1) is 12.1 Å². The summed E-state index contributed by atoms with van der Waals surface area (Å²) in [6.45, 7) is 2.05. The Hall–Kier alpha value is -1.97. The van der Waals surface area contributed by atoms with Crippen LogP contribution in [-0.2, 0) is 19.9 Å². The summed E-state index contributed by atoms with van der Waals surface area (Å²) in [6, 6.07) is 7.33. The van der Waals surface area contributed by atoms with Crippen molar-refractivity contribution in [2.75, 3.05) is 0 Å². The van der Waals surface area contributed by atoms with Gasteiger partial charge in [-0.15, -0.1) is 0 Å². The fraction of sp³-hybridized carbons (Fsp3) is 0.308. The molecule has 88 valence electrons. The van der Waals surface area contributed by atoms with E-state index in [-0.39, 0.29) is 5.78 Å². The minimum Gasteiger partial charge on any atom is -0.292 e. The summed E-state index contributed by atoms with van der Waals surface area (Å²) in [4.78, 5) is 16.0. The molecule has 4 nitrogen and oxygen atoms in total. The Bertz CT molecular complexity index is 517. The number of hydrogen-bond donors (Lipinski definition) is 0. The van der Waals surface area contributed by atoms with Crippen molar-refractivity contribution in [2.45, 2.75) is 19.8 Å². The van der Waals surface area contributed by atoms with E-state index in [0.29, 0.717) is 12.1 Å². The van der Waals surface area contributed by atoms with Crippen LogP contribution in [0.2, 0.25) is 0 Å². The fourth-order valence-corrected chi connectivity index (χ4v) is 1.69. The molecule has 0 fully saturated rings. The summed E-state index contributed by atoms with van der Waals surface area (Å²) in [6.07, 6.45) is 2.86. The van der Waals surface area contributed by atoms with Crippen molar-refractivity contribution in [1.29, 1.82) is 0 Å². The van der Waals surface area contributed by atoms with Crippen LogP contribution in [0.5, 0.6) is 0 Å². The van der Waals surface area contributed by atoms with Gasteiger partial charge in [-0.2, -0.15) is 5.10 Å². The van der Waals surface area contributed by atoms with Gasteiger partial charge in [0.25, 0.3) is 0 Å². The first-order valence-corrected chi connectivity index (χ1v) is 5.66. The van der Waals surface area contributed by atoms with E-state index in [4.69, 9.17) is 0 Å². The molecule has 0 bridgehead atoms. The summed E-state index contributed by atoms with van der Waals surface area (Å²) in [7, 11) is 1.86. The van der Waals surface area contributed by atoms with Gasteiger partial charge in [0.15, 0.2) is 5.78 Å². The van der Waals surface area contributed by atoms with Crippen LogP contribution in [-0.4, -0.2) is 20.5 Å². The molecule has 0 aliphatic heterocycles. The fourth-order valence-electron chi connectivity index (χ4n) is 1.69. The smallest absolute Gasteiger partial charge is 0.187 e. The van der Waals surface area contributed by atoms with Crippen molar-refractivity contribution in [1.82, 2.24) is 14.8 Å². The Kier molecular flexibility index (Phi) is 3.32. The summed E-state index contributed by atoms with van der Waals surface area (Å²) < 4.78 is 1.76. The maximum absolute atomic E-state index is 12.0. The molecular weight excluding hydrogens is 214 g/mol. The van der Waals surface area contributed by atoms with Gasteiger partial charge < -0.3 is 0 Å². The molecule has 2 aromatic rings.